The van der Waals surface area contributed by atoms with Crippen molar-refractivity contribution in [2.45, 2.75) is 25.3 Å². The van der Waals surface area contributed by atoms with Crippen LogP contribution in [0.25, 0.3) is 6.08 Å². The maximum atomic E-state index is 12.7. The molecule has 36 heavy (non-hydrogen) atoms. The number of benzene rings is 2. The van der Waals surface area contributed by atoms with E-state index in [0.29, 0.717) is 11.9 Å². The second kappa shape index (κ2) is 12.0. The highest BCUT2D eigenvalue weighted by Crippen LogP contribution is 2.34. The largest absolute Gasteiger partial charge is 0.467 e. The number of hydrogen-bond acceptors (Lipinski definition) is 6. The fraction of sp³-hybridized carbons (Fsp3) is 0.259. The van der Waals surface area contributed by atoms with Crippen molar-refractivity contribution in [3.05, 3.63) is 88.2 Å². The van der Waals surface area contributed by atoms with E-state index in [1.165, 1.54) is 20.0 Å². The molecule has 7 nitrogen and oxygen atoms in total. The van der Waals surface area contributed by atoms with E-state index in [1.807, 2.05) is 36.4 Å². The number of aromatic nitrogens is 2. The zero-order valence-corrected chi connectivity index (χ0v) is 21.2. The monoisotopic (exact) mass is 524 g/mol. The highest BCUT2D eigenvalue weighted by molar-refractivity contribution is 6.39. The first-order valence-corrected chi connectivity index (χ1v) is 12.4. The van der Waals surface area contributed by atoms with Gasteiger partial charge in [0.1, 0.15) is 6.04 Å². The van der Waals surface area contributed by atoms with Crippen LogP contribution >= 0.6 is 23.2 Å². The Morgan fingerprint density at radius 1 is 1.08 bits per heavy atom. The third kappa shape index (κ3) is 6.62. The molecule has 0 spiro atoms. The Hall–Kier alpha value is -3.42. The predicted octanol–water partition coefficient (Wildman–Crippen LogP) is 5.71. The number of methoxy groups -OCH3 is 1. The molecule has 0 bridgehead atoms. The summed E-state index contributed by atoms with van der Waals surface area (Å²) in [7, 11) is 1.27. The normalized spacial score (nSPS) is 13.9. The highest BCUT2D eigenvalue weighted by atomic mass is 35.5. The van der Waals surface area contributed by atoms with Gasteiger partial charge in [0, 0.05) is 24.6 Å². The first-order chi connectivity index (χ1) is 17.5. The summed E-state index contributed by atoms with van der Waals surface area (Å²) in [6.45, 7) is 0.884. The molecular weight excluding hydrogens is 499 g/mol. The van der Waals surface area contributed by atoms with Crippen LogP contribution in [-0.4, -0.2) is 41.5 Å². The smallest absolute Gasteiger partial charge is 0.328 e. The number of carbonyl (C=O) groups excluding carboxylic acids is 2. The van der Waals surface area contributed by atoms with Crippen LogP contribution in [0.1, 0.15) is 35.2 Å². The molecule has 2 aromatic carbocycles. The van der Waals surface area contributed by atoms with E-state index in [1.54, 1.807) is 36.7 Å². The van der Waals surface area contributed by atoms with Crippen LogP contribution in [0.5, 0.6) is 0 Å². The number of esters is 1. The van der Waals surface area contributed by atoms with Gasteiger partial charge in [0.2, 0.25) is 5.95 Å². The maximum Gasteiger partial charge on any atom is 0.328 e. The molecule has 9 heteroatoms. The lowest BCUT2D eigenvalue weighted by molar-refractivity contribution is -0.142. The molecule has 3 aromatic rings. The van der Waals surface area contributed by atoms with Crippen molar-refractivity contribution in [2.24, 2.45) is 5.92 Å². The van der Waals surface area contributed by atoms with Crippen LogP contribution in [0.2, 0.25) is 10.0 Å². The van der Waals surface area contributed by atoms with E-state index in [4.69, 9.17) is 27.9 Å². The number of hydrogen-bond donors (Lipinski definition) is 1. The minimum Gasteiger partial charge on any atom is -0.467 e. The summed E-state index contributed by atoms with van der Waals surface area (Å²) in [6.07, 6.45) is 9.88. The molecule has 1 saturated carbocycles. The minimum absolute atomic E-state index is 0.118. The van der Waals surface area contributed by atoms with Gasteiger partial charge in [0.05, 0.1) is 22.7 Å². The Morgan fingerprint density at radius 3 is 2.36 bits per heavy atom. The molecule has 1 atom stereocenters. The Kier molecular flexibility index (Phi) is 8.57. The molecule has 1 aliphatic rings. The van der Waals surface area contributed by atoms with E-state index < -0.39 is 17.9 Å². The number of nitrogens with zero attached hydrogens (tertiary/aromatic N) is 3. The third-order valence-corrected chi connectivity index (χ3v) is 6.43. The van der Waals surface area contributed by atoms with E-state index >= 15 is 0 Å². The van der Waals surface area contributed by atoms with Crippen molar-refractivity contribution in [3.8, 4) is 0 Å². The van der Waals surface area contributed by atoms with Crippen LogP contribution in [0, 0.1) is 5.92 Å². The zero-order valence-electron chi connectivity index (χ0n) is 19.7. The Morgan fingerprint density at radius 2 is 1.75 bits per heavy atom. The van der Waals surface area contributed by atoms with E-state index in [9.17, 15) is 9.59 Å². The topological polar surface area (TPSA) is 84.4 Å². The quantitative estimate of drug-likeness (QED) is 0.342. The number of ether oxygens (including phenoxy) is 1. The molecule has 4 rings (SSSR count). The lowest BCUT2D eigenvalue weighted by Gasteiger charge is -2.22. The summed E-state index contributed by atoms with van der Waals surface area (Å²) < 4.78 is 4.86. The number of nitrogens with one attached hydrogen (secondary N) is 1. The SMILES string of the molecule is COC(=O)C(CC=Cc1ccc(N(CC2CC2)c2ncccn2)cc1)NC(=O)c1c(Cl)cccc1Cl. The van der Waals surface area contributed by atoms with E-state index in [-0.39, 0.29) is 22.0 Å². The zero-order chi connectivity index (χ0) is 25.5. The standard InChI is InChI=1S/C27H26Cl2N4O3/c1-36-26(35)23(32-25(34)24-21(28)6-3-7-22(24)29)8-2-5-18-11-13-20(14-12-18)33(17-19-9-10-19)27-30-15-4-16-31-27/h2-7,11-16,19,23H,8-10,17H2,1H3,(H,32,34). The Labute approximate surface area is 220 Å². The molecular formula is C27H26Cl2N4O3. The van der Waals surface area contributed by atoms with Crippen LogP contribution < -0.4 is 10.2 Å². The minimum atomic E-state index is -0.894. The molecule has 0 radical (unpaired) electrons. The van der Waals surface area contributed by atoms with Crippen LogP contribution in [0.15, 0.2) is 67.0 Å². The average molecular weight is 525 g/mol. The summed E-state index contributed by atoms with van der Waals surface area (Å²) in [5.74, 6) is 0.241. The summed E-state index contributed by atoms with van der Waals surface area (Å²) >= 11 is 12.2. The van der Waals surface area contributed by atoms with Crippen molar-refractivity contribution >= 4 is 52.8 Å². The van der Waals surface area contributed by atoms with Crippen LogP contribution in [-0.2, 0) is 9.53 Å². The molecule has 1 fully saturated rings. The summed E-state index contributed by atoms with van der Waals surface area (Å²) in [6, 6.07) is 13.7. The van der Waals surface area contributed by atoms with E-state index in [2.05, 4.69) is 20.2 Å². The number of anilines is 2. The molecule has 1 aromatic heterocycles. The van der Waals surface area contributed by atoms with Gasteiger partial charge in [-0.3, -0.25) is 4.79 Å². The van der Waals surface area contributed by atoms with Crippen molar-refractivity contribution in [2.75, 3.05) is 18.6 Å². The van der Waals surface area contributed by atoms with Crippen molar-refractivity contribution in [1.82, 2.24) is 15.3 Å². The number of halogens is 2. The van der Waals surface area contributed by atoms with Gasteiger partial charge >= 0.3 is 5.97 Å². The molecule has 1 heterocycles. The average Bonchev–Trinajstić information content (AvgIpc) is 3.71. The lowest BCUT2D eigenvalue weighted by Crippen LogP contribution is -2.41. The molecule has 0 saturated heterocycles. The Bertz CT molecular complexity index is 1210. The molecule has 1 N–H and O–H groups in total. The number of amides is 1. The van der Waals surface area contributed by atoms with Gasteiger partial charge < -0.3 is 15.0 Å². The van der Waals surface area contributed by atoms with Gasteiger partial charge in [-0.05, 0) is 61.1 Å². The summed E-state index contributed by atoms with van der Waals surface area (Å²) in [5, 5.41) is 3.07. The summed E-state index contributed by atoms with van der Waals surface area (Å²) in [4.78, 5) is 36.0. The third-order valence-electron chi connectivity index (χ3n) is 5.80. The lowest BCUT2D eigenvalue weighted by atomic mass is 10.1. The van der Waals surface area contributed by atoms with Gasteiger partial charge in [-0.15, -0.1) is 0 Å². The Balaban J connectivity index is 1.43. The number of rotatable bonds is 10. The first kappa shape index (κ1) is 25.7. The van der Waals surface area contributed by atoms with Gasteiger partial charge in [-0.2, -0.15) is 0 Å². The maximum absolute atomic E-state index is 12.7. The van der Waals surface area contributed by atoms with Gasteiger partial charge in [-0.25, -0.2) is 14.8 Å². The second-order valence-corrected chi connectivity index (χ2v) is 9.29. The van der Waals surface area contributed by atoms with Gasteiger partial charge in [0.25, 0.3) is 5.91 Å². The highest BCUT2D eigenvalue weighted by Gasteiger charge is 2.26. The van der Waals surface area contributed by atoms with Crippen molar-refractivity contribution in [3.63, 3.8) is 0 Å². The predicted molar refractivity (Wildman–Crippen MR) is 142 cm³/mol. The first-order valence-electron chi connectivity index (χ1n) is 11.6. The van der Waals surface area contributed by atoms with E-state index in [0.717, 1.165) is 17.8 Å². The van der Waals surface area contributed by atoms with Crippen molar-refractivity contribution in [1.29, 1.82) is 0 Å². The fourth-order valence-corrected chi connectivity index (χ4v) is 4.27. The molecule has 1 aliphatic carbocycles. The fourth-order valence-electron chi connectivity index (χ4n) is 3.70. The summed E-state index contributed by atoms with van der Waals surface area (Å²) in [5.41, 5.74) is 2.08. The van der Waals surface area contributed by atoms with Crippen LogP contribution in [0.4, 0.5) is 11.6 Å². The van der Waals surface area contributed by atoms with Crippen molar-refractivity contribution < 1.29 is 14.3 Å². The van der Waals surface area contributed by atoms with Gasteiger partial charge in [-0.1, -0.05) is 53.6 Å². The number of carbonyl (C=O) groups is 2. The molecule has 1 amide bonds. The van der Waals surface area contributed by atoms with Gasteiger partial charge in [0.15, 0.2) is 0 Å². The molecule has 0 aliphatic heterocycles. The molecule has 186 valence electrons. The van der Waals surface area contributed by atoms with Crippen LogP contribution in [0.3, 0.4) is 0 Å². The second-order valence-electron chi connectivity index (χ2n) is 8.48. The molecule has 1 unspecified atom stereocenters.